The van der Waals surface area contributed by atoms with Crippen LogP contribution in [0.2, 0.25) is 0 Å². The maximum absolute atomic E-state index is 13.1. The molecule has 6 nitrogen and oxygen atoms in total. The molecule has 2 heterocycles. The summed E-state index contributed by atoms with van der Waals surface area (Å²) in [5.74, 6) is 0.602. The van der Waals surface area contributed by atoms with E-state index < -0.39 is 10.0 Å². The maximum Gasteiger partial charge on any atom is 0.264 e. The number of fused-ring (bicyclic) bond motifs is 1. The van der Waals surface area contributed by atoms with Crippen LogP contribution in [0.5, 0.6) is 5.75 Å². The molecule has 0 bridgehead atoms. The lowest BCUT2D eigenvalue weighted by atomic mass is 9.99. The molecule has 0 fully saturated rings. The van der Waals surface area contributed by atoms with Crippen molar-refractivity contribution in [2.75, 3.05) is 18.0 Å². The number of pyridine rings is 1. The Bertz CT molecular complexity index is 1170. The van der Waals surface area contributed by atoms with Crippen LogP contribution in [0.1, 0.15) is 11.1 Å². The van der Waals surface area contributed by atoms with Crippen molar-refractivity contribution >= 4 is 15.7 Å². The first kappa shape index (κ1) is 18.0. The summed E-state index contributed by atoms with van der Waals surface area (Å²) < 4.78 is 32.8. The molecule has 0 saturated heterocycles. The number of rotatable bonds is 4. The van der Waals surface area contributed by atoms with Crippen LogP contribution in [-0.2, 0) is 16.4 Å². The van der Waals surface area contributed by atoms with Crippen LogP contribution in [0, 0.1) is 11.3 Å². The third-order valence-corrected chi connectivity index (χ3v) is 6.67. The van der Waals surface area contributed by atoms with Gasteiger partial charge in [0.2, 0.25) is 0 Å². The van der Waals surface area contributed by atoms with Crippen LogP contribution in [-0.4, -0.2) is 27.1 Å². The van der Waals surface area contributed by atoms with E-state index in [-0.39, 0.29) is 4.90 Å². The zero-order chi connectivity index (χ0) is 19.7. The maximum atomic E-state index is 13.1. The van der Waals surface area contributed by atoms with Gasteiger partial charge in [-0.2, -0.15) is 5.26 Å². The molecular weight excluding hydrogens is 374 g/mol. The molecule has 3 aromatic rings. The van der Waals surface area contributed by atoms with Gasteiger partial charge >= 0.3 is 0 Å². The van der Waals surface area contributed by atoms with Gasteiger partial charge in [-0.1, -0.05) is 12.1 Å². The van der Waals surface area contributed by atoms with E-state index in [1.807, 2.05) is 12.1 Å². The predicted octanol–water partition coefficient (Wildman–Crippen LogP) is 3.38. The first-order valence-electron chi connectivity index (χ1n) is 8.69. The summed E-state index contributed by atoms with van der Waals surface area (Å²) in [4.78, 5) is 4.48. The molecule has 1 aromatic heterocycles. The zero-order valence-corrected chi connectivity index (χ0v) is 16.0. The van der Waals surface area contributed by atoms with Gasteiger partial charge in [-0.25, -0.2) is 8.42 Å². The minimum absolute atomic E-state index is 0.213. The van der Waals surface area contributed by atoms with E-state index in [2.05, 4.69) is 11.1 Å². The number of methoxy groups -OCH3 is 1. The molecule has 140 valence electrons. The van der Waals surface area contributed by atoms with Crippen molar-refractivity contribution in [1.82, 2.24) is 4.98 Å². The number of benzene rings is 2. The molecule has 0 saturated carbocycles. The zero-order valence-electron chi connectivity index (χ0n) is 15.2. The minimum Gasteiger partial charge on any atom is -0.497 e. The Morgan fingerprint density at radius 3 is 2.43 bits per heavy atom. The number of nitriles is 1. The fraction of sp³-hybridized carbons (Fsp3) is 0.143. The van der Waals surface area contributed by atoms with Gasteiger partial charge in [0, 0.05) is 18.3 Å². The average molecular weight is 391 g/mol. The Morgan fingerprint density at radius 2 is 1.79 bits per heavy atom. The number of hydrogen-bond donors (Lipinski definition) is 0. The van der Waals surface area contributed by atoms with Gasteiger partial charge in [0.25, 0.3) is 10.0 Å². The molecule has 7 heteroatoms. The van der Waals surface area contributed by atoms with Gasteiger partial charge in [0.1, 0.15) is 5.75 Å². The second-order valence-corrected chi connectivity index (χ2v) is 8.24. The summed E-state index contributed by atoms with van der Waals surface area (Å²) >= 11 is 0. The summed E-state index contributed by atoms with van der Waals surface area (Å²) in [5.41, 5.74) is 3.91. The molecule has 2 aromatic carbocycles. The second-order valence-electron chi connectivity index (χ2n) is 6.38. The molecule has 0 unspecified atom stereocenters. The van der Waals surface area contributed by atoms with Gasteiger partial charge in [0.05, 0.1) is 35.5 Å². The van der Waals surface area contributed by atoms with Gasteiger partial charge in [-0.3, -0.25) is 9.29 Å². The highest BCUT2D eigenvalue weighted by atomic mass is 32.2. The Kier molecular flexibility index (Phi) is 4.49. The number of sulfonamides is 1. The van der Waals surface area contributed by atoms with E-state index >= 15 is 0 Å². The third-order valence-electron chi connectivity index (χ3n) is 4.84. The molecule has 0 amide bonds. The summed E-state index contributed by atoms with van der Waals surface area (Å²) in [6, 6.07) is 15.7. The number of ether oxygens (including phenoxy) is 1. The van der Waals surface area contributed by atoms with Crippen LogP contribution in [0.15, 0.2) is 65.8 Å². The molecule has 0 radical (unpaired) electrons. The molecule has 0 atom stereocenters. The monoisotopic (exact) mass is 391 g/mol. The van der Waals surface area contributed by atoms with E-state index in [4.69, 9.17) is 10.00 Å². The highest BCUT2D eigenvalue weighted by molar-refractivity contribution is 7.92. The van der Waals surface area contributed by atoms with Gasteiger partial charge in [-0.15, -0.1) is 0 Å². The predicted molar refractivity (Wildman–Crippen MR) is 106 cm³/mol. The highest BCUT2D eigenvalue weighted by Crippen LogP contribution is 2.38. The summed E-state index contributed by atoms with van der Waals surface area (Å²) in [6.07, 6.45) is 3.93. The standard InChI is InChI=1S/C21H17N3O3S/c1-27-17-6-8-18(9-7-17)28(25,26)24-11-10-19-20(13-23-14-21(19)24)16-4-2-15(12-22)3-5-16/h2-9,13-14H,10-11H2,1H3. The lowest BCUT2D eigenvalue weighted by Gasteiger charge is -2.19. The van der Waals surface area contributed by atoms with Crippen molar-refractivity contribution < 1.29 is 13.2 Å². The summed E-state index contributed by atoms with van der Waals surface area (Å²) in [7, 11) is -2.15. The van der Waals surface area contributed by atoms with Crippen LogP contribution in [0.4, 0.5) is 5.69 Å². The lowest BCUT2D eigenvalue weighted by molar-refractivity contribution is 0.414. The summed E-state index contributed by atoms with van der Waals surface area (Å²) in [5, 5.41) is 8.98. The van der Waals surface area contributed by atoms with Crippen molar-refractivity contribution in [2.24, 2.45) is 0 Å². The summed E-state index contributed by atoms with van der Waals surface area (Å²) in [6.45, 7) is 0.360. The van der Waals surface area contributed by atoms with Crippen molar-refractivity contribution in [2.45, 2.75) is 11.3 Å². The first-order chi connectivity index (χ1) is 13.5. The topological polar surface area (TPSA) is 83.3 Å². The third kappa shape index (κ3) is 2.98. The molecule has 1 aliphatic heterocycles. The van der Waals surface area contributed by atoms with Gasteiger partial charge < -0.3 is 4.74 Å². The van der Waals surface area contributed by atoms with Crippen LogP contribution < -0.4 is 9.04 Å². The lowest BCUT2D eigenvalue weighted by Crippen LogP contribution is -2.29. The van der Waals surface area contributed by atoms with Crippen LogP contribution in [0.3, 0.4) is 0 Å². The Morgan fingerprint density at radius 1 is 1.07 bits per heavy atom. The van der Waals surface area contributed by atoms with Crippen molar-refractivity contribution in [1.29, 1.82) is 5.26 Å². The number of aromatic nitrogens is 1. The Hall–Kier alpha value is -3.37. The number of nitrogens with zero attached hydrogens (tertiary/aromatic N) is 3. The number of hydrogen-bond acceptors (Lipinski definition) is 5. The Balaban J connectivity index is 1.74. The SMILES string of the molecule is COc1ccc(S(=O)(=O)N2CCc3c(-c4ccc(C#N)cc4)cncc32)cc1. The average Bonchev–Trinajstić information content (AvgIpc) is 3.19. The van der Waals surface area contributed by atoms with Gasteiger partial charge in [0.15, 0.2) is 0 Å². The van der Waals surface area contributed by atoms with Crippen molar-refractivity contribution in [3.8, 4) is 22.9 Å². The quantitative estimate of drug-likeness (QED) is 0.681. The first-order valence-corrected chi connectivity index (χ1v) is 10.1. The normalized spacial score (nSPS) is 13.1. The van der Waals surface area contributed by atoms with Gasteiger partial charge in [-0.05, 0) is 53.9 Å². The molecule has 0 N–H and O–H groups in total. The highest BCUT2D eigenvalue weighted by Gasteiger charge is 2.32. The fourth-order valence-corrected chi connectivity index (χ4v) is 4.87. The molecule has 4 rings (SSSR count). The second kappa shape index (κ2) is 6.98. The van der Waals surface area contributed by atoms with E-state index in [1.54, 1.807) is 48.8 Å². The molecule has 1 aliphatic rings. The molecule has 28 heavy (non-hydrogen) atoms. The molecule has 0 aliphatic carbocycles. The van der Waals surface area contributed by atoms with E-state index in [1.165, 1.54) is 11.4 Å². The smallest absolute Gasteiger partial charge is 0.264 e. The van der Waals surface area contributed by atoms with Crippen molar-refractivity contribution in [3.63, 3.8) is 0 Å². The largest absolute Gasteiger partial charge is 0.497 e. The van der Waals surface area contributed by atoms with E-state index in [9.17, 15) is 8.42 Å². The fourth-order valence-electron chi connectivity index (χ4n) is 3.39. The molecular formula is C21H17N3O3S. The van der Waals surface area contributed by atoms with E-state index in [0.717, 1.165) is 16.7 Å². The van der Waals surface area contributed by atoms with Crippen LogP contribution in [0.25, 0.3) is 11.1 Å². The van der Waals surface area contributed by atoms with E-state index in [0.29, 0.717) is 30.0 Å². The minimum atomic E-state index is -3.69. The Labute approximate surface area is 163 Å². The van der Waals surface area contributed by atoms with Crippen LogP contribution >= 0.6 is 0 Å². The number of anilines is 1. The molecule has 0 spiro atoms. The van der Waals surface area contributed by atoms with Crippen molar-refractivity contribution in [3.05, 3.63) is 72.1 Å².